The van der Waals surface area contributed by atoms with Gasteiger partial charge in [0.1, 0.15) is 5.00 Å². The molecule has 2 N–H and O–H groups in total. The van der Waals surface area contributed by atoms with E-state index in [1.807, 2.05) is 0 Å². The monoisotopic (exact) mass is 418 g/mol. The highest BCUT2D eigenvalue weighted by atomic mass is 32.1. The normalized spacial score (nSPS) is 12.6. The zero-order valence-electron chi connectivity index (χ0n) is 15.8. The molecule has 6 nitrogen and oxygen atoms in total. The van der Waals surface area contributed by atoms with Gasteiger partial charge in [0, 0.05) is 4.88 Å². The van der Waals surface area contributed by atoms with E-state index < -0.39 is 5.97 Å². The number of rotatable bonds is 5. The molecule has 1 heterocycles. The van der Waals surface area contributed by atoms with E-state index >= 15 is 0 Å². The van der Waals surface area contributed by atoms with Crippen LogP contribution in [0.5, 0.6) is 0 Å². The summed E-state index contributed by atoms with van der Waals surface area (Å²) >= 11 is 6.96. The minimum absolute atomic E-state index is 0.291. The minimum Gasteiger partial charge on any atom is -0.465 e. The summed E-state index contributed by atoms with van der Waals surface area (Å²) in [6.07, 6.45) is 3.99. The topological polar surface area (TPSA) is 76.7 Å². The predicted octanol–water partition coefficient (Wildman–Crippen LogP) is 4.40. The first-order chi connectivity index (χ1) is 13.5. The number of carbonyl (C=O) groups excluding carboxylic acids is 2. The molecule has 0 fully saturated rings. The lowest BCUT2D eigenvalue weighted by atomic mass is 9.95. The molecule has 1 aliphatic rings. The van der Waals surface area contributed by atoms with Crippen LogP contribution in [0.4, 0.5) is 10.7 Å². The number of thiocarbonyl (C=S) groups is 1. The number of carbonyl (C=O) groups is 2. The van der Waals surface area contributed by atoms with Crippen molar-refractivity contribution >= 4 is 51.3 Å². The zero-order chi connectivity index (χ0) is 20.1. The lowest BCUT2D eigenvalue weighted by Crippen LogP contribution is -2.22. The molecule has 8 heteroatoms. The third-order valence-corrected chi connectivity index (χ3v) is 5.87. The van der Waals surface area contributed by atoms with Crippen molar-refractivity contribution in [2.24, 2.45) is 0 Å². The van der Waals surface area contributed by atoms with Gasteiger partial charge in [0.05, 0.1) is 30.5 Å². The van der Waals surface area contributed by atoms with Gasteiger partial charge >= 0.3 is 11.9 Å². The van der Waals surface area contributed by atoms with E-state index in [2.05, 4.69) is 10.6 Å². The van der Waals surface area contributed by atoms with Gasteiger partial charge in [-0.2, -0.15) is 0 Å². The highest BCUT2D eigenvalue weighted by Gasteiger charge is 2.26. The fraction of sp³-hybridized carbons (Fsp3) is 0.350. The minimum atomic E-state index is -0.421. The average molecular weight is 419 g/mol. The molecule has 0 aliphatic heterocycles. The number of esters is 2. The number of ether oxygens (including phenoxy) is 2. The Morgan fingerprint density at radius 3 is 2.64 bits per heavy atom. The molecule has 0 bridgehead atoms. The van der Waals surface area contributed by atoms with Crippen LogP contribution in [0.1, 0.15) is 50.9 Å². The molecule has 1 aromatic heterocycles. The molecule has 0 atom stereocenters. The molecule has 0 unspecified atom stereocenters. The van der Waals surface area contributed by atoms with E-state index in [0.29, 0.717) is 33.5 Å². The highest BCUT2D eigenvalue weighted by Crippen LogP contribution is 2.38. The lowest BCUT2D eigenvalue weighted by molar-refractivity contribution is 0.0526. The molecular formula is C20H22N2O4S2. The summed E-state index contributed by atoms with van der Waals surface area (Å²) in [5.41, 5.74) is 2.55. The van der Waals surface area contributed by atoms with Gasteiger partial charge in [-0.1, -0.05) is 12.1 Å². The molecule has 1 aromatic carbocycles. The Morgan fingerprint density at radius 1 is 1.14 bits per heavy atom. The maximum absolute atomic E-state index is 12.3. The summed E-state index contributed by atoms with van der Waals surface area (Å²) in [4.78, 5) is 25.7. The van der Waals surface area contributed by atoms with Crippen molar-refractivity contribution < 1.29 is 19.1 Å². The fourth-order valence-electron chi connectivity index (χ4n) is 3.21. The van der Waals surface area contributed by atoms with Gasteiger partial charge < -0.3 is 20.1 Å². The van der Waals surface area contributed by atoms with Crippen LogP contribution in [0.3, 0.4) is 0 Å². The molecule has 3 rings (SSSR count). The number of aryl methyl sites for hydroxylation is 1. The first-order valence-corrected chi connectivity index (χ1v) is 10.3. The van der Waals surface area contributed by atoms with Crippen LogP contribution in [0, 0.1) is 0 Å². The standard InChI is InChI=1S/C20H22N2O4S2/c1-3-26-18(23)12-8-4-6-10-14(12)21-20(27)22-17-16(19(24)25-2)13-9-5-7-11-15(13)28-17/h4,6,8,10H,3,5,7,9,11H2,1-2H3,(H2,21,22,27). The van der Waals surface area contributed by atoms with Gasteiger partial charge in [-0.05, 0) is 62.5 Å². The Bertz CT molecular complexity index is 908. The predicted molar refractivity (Wildman–Crippen MR) is 115 cm³/mol. The second-order valence-electron chi connectivity index (χ2n) is 6.25. The van der Waals surface area contributed by atoms with Crippen molar-refractivity contribution in [2.45, 2.75) is 32.6 Å². The second kappa shape index (κ2) is 9.16. The van der Waals surface area contributed by atoms with Crippen molar-refractivity contribution in [1.29, 1.82) is 0 Å². The van der Waals surface area contributed by atoms with Crippen LogP contribution in [0.2, 0.25) is 0 Å². The zero-order valence-corrected chi connectivity index (χ0v) is 17.4. The smallest absolute Gasteiger partial charge is 0.341 e. The van der Waals surface area contributed by atoms with E-state index in [4.69, 9.17) is 21.7 Å². The SMILES string of the molecule is CCOC(=O)c1ccccc1NC(=S)Nc1sc2c(c1C(=O)OC)CCCC2. The fourth-order valence-corrected chi connectivity index (χ4v) is 4.77. The molecule has 0 saturated carbocycles. The number of thiophene rings is 1. The highest BCUT2D eigenvalue weighted by molar-refractivity contribution is 7.80. The third kappa shape index (κ3) is 4.34. The van der Waals surface area contributed by atoms with Crippen molar-refractivity contribution in [3.8, 4) is 0 Å². The Balaban J connectivity index is 1.82. The summed E-state index contributed by atoms with van der Waals surface area (Å²) in [7, 11) is 1.38. The Hall–Kier alpha value is -2.45. The maximum Gasteiger partial charge on any atom is 0.341 e. The lowest BCUT2D eigenvalue weighted by Gasteiger charge is -2.14. The third-order valence-electron chi connectivity index (χ3n) is 4.46. The Kier molecular flexibility index (Phi) is 6.64. The molecule has 0 radical (unpaired) electrons. The summed E-state index contributed by atoms with van der Waals surface area (Å²) in [6.45, 7) is 2.05. The van der Waals surface area contributed by atoms with E-state index in [1.54, 1.807) is 31.2 Å². The number of anilines is 2. The Morgan fingerprint density at radius 2 is 1.89 bits per heavy atom. The maximum atomic E-state index is 12.3. The van der Waals surface area contributed by atoms with Gasteiger partial charge in [-0.25, -0.2) is 9.59 Å². The average Bonchev–Trinajstić information content (AvgIpc) is 3.05. The summed E-state index contributed by atoms with van der Waals surface area (Å²) in [6, 6.07) is 6.99. The van der Waals surface area contributed by atoms with Gasteiger partial charge in [0.2, 0.25) is 0 Å². The number of para-hydroxylation sites is 1. The summed E-state index contributed by atoms with van der Waals surface area (Å²) in [5.74, 6) is -0.785. The van der Waals surface area contributed by atoms with Crippen LogP contribution in [-0.4, -0.2) is 30.8 Å². The molecular weight excluding hydrogens is 396 g/mol. The van der Waals surface area contributed by atoms with E-state index in [-0.39, 0.29) is 5.97 Å². The van der Waals surface area contributed by atoms with Gasteiger partial charge in [0.15, 0.2) is 5.11 Å². The molecule has 148 valence electrons. The van der Waals surface area contributed by atoms with Gasteiger partial charge in [0.25, 0.3) is 0 Å². The van der Waals surface area contributed by atoms with E-state index in [9.17, 15) is 9.59 Å². The van der Waals surface area contributed by atoms with Crippen molar-refractivity contribution in [3.05, 3.63) is 45.8 Å². The van der Waals surface area contributed by atoms with Crippen molar-refractivity contribution in [3.63, 3.8) is 0 Å². The van der Waals surface area contributed by atoms with Crippen molar-refractivity contribution in [2.75, 3.05) is 24.4 Å². The van der Waals surface area contributed by atoms with E-state index in [1.165, 1.54) is 23.3 Å². The first kappa shape index (κ1) is 20.3. The second-order valence-corrected chi connectivity index (χ2v) is 7.77. The molecule has 0 amide bonds. The van der Waals surface area contributed by atoms with Crippen molar-refractivity contribution in [1.82, 2.24) is 0 Å². The number of hydrogen-bond donors (Lipinski definition) is 2. The molecule has 2 aromatic rings. The molecule has 0 spiro atoms. The number of hydrogen-bond acceptors (Lipinski definition) is 6. The molecule has 0 saturated heterocycles. The number of nitrogens with one attached hydrogen (secondary N) is 2. The van der Waals surface area contributed by atoms with Gasteiger partial charge in [-0.3, -0.25) is 0 Å². The molecule has 1 aliphatic carbocycles. The van der Waals surface area contributed by atoms with Crippen LogP contribution >= 0.6 is 23.6 Å². The van der Waals surface area contributed by atoms with E-state index in [0.717, 1.165) is 31.2 Å². The van der Waals surface area contributed by atoms with Crippen LogP contribution in [-0.2, 0) is 22.3 Å². The number of benzene rings is 1. The first-order valence-electron chi connectivity index (χ1n) is 9.12. The summed E-state index contributed by atoms with van der Waals surface area (Å²) < 4.78 is 10.1. The Labute approximate surface area is 173 Å². The quantitative estimate of drug-likeness (QED) is 0.550. The number of fused-ring (bicyclic) bond motifs is 1. The van der Waals surface area contributed by atoms with Crippen LogP contribution in [0.25, 0.3) is 0 Å². The van der Waals surface area contributed by atoms with Crippen LogP contribution < -0.4 is 10.6 Å². The molecule has 28 heavy (non-hydrogen) atoms. The van der Waals surface area contributed by atoms with Crippen LogP contribution in [0.15, 0.2) is 24.3 Å². The van der Waals surface area contributed by atoms with Gasteiger partial charge in [-0.15, -0.1) is 11.3 Å². The summed E-state index contributed by atoms with van der Waals surface area (Å²) in [5, 5.41) is 7.12. The largest absolute Gasteiger partial charge is 0.465 e. The number of methoxy groups -OCH3 is 1.